The maximum atomic E-state index is 12.0. The van der Waals surface area contributed by atoms with Crippen molar-refractivity contribution in [1.29, 1.82) is 0 Å². The first-order valence-corrected chi connectivity index (χ1v) is 10.9. The molecule has 0 fully saturated rings. The van der Waals surface area contributed by atoms with Gasteiger partial charge in [0.15, 0.2) is 5.96 Å². The van der Waals surface area contributed by atoms with E-state index in [9.17, 15) is 4.79 Å². The molecular formula is C23H26IN5OS. The summed E-state index contributed by atoms with van der Waals surface area (Å²) in [6.45, 7) is 1.39. The number of aromatic nitrogens is 1. The van der Waals surface area contributed by atoms with Gasteiger partial charge in [-0.3, -0.25) is 9.79 Å². The van der Waals surface area contributed by atoms with Crippen molar-refractivity contribution in [1.82, 2.24) is 15.6 Å². The third kappa shape index (κ3) is 6.04. The van der Waals surface area contributed by atoms with Crippen LogP contribution in [0, 0.1) is 0 Å². The predicted molar refractivity (Wildman–Crippen MR) is 138 cm³/mol. The zero-order valence-electron chi connectivity index (χ0n) is 17.3. The van der Waals surface area contributed by atoms with Crippen molar-refractivity contribution in [2.45, 2.75) is 18.8 Å². The molecule has 3 N–H and O–H groups in total. The number of guanidine groups is 1. The molecule has 0 saturated heterocycles. The van der Waals surface area contributed by atoms with Crippen molar-refractivity contribution < 1.29 is 4.79 Å². The Bertz CT molecular complexity index is 1040. The molecule has 2 heterocycles. The number of hydrogen-bond acceptors (Lipinski definition) is 4. The van der Waals surface area contributed by atoms with Gasteiger partial charge in [-0.25, -0.2) is 4.98 Å². The number of halogens is 1. The second-order valence-corrected chi connectivity index (χ2v) is 8.03. The van der Waals surface area contributed by atoms with Gasteiger partial charge in [0.1, 0.15) is 5.01 Å². The van der Waals surface area contributed by atoms with E-state index < -0.39 is 0 Å². The molecule has 1 unspecified atom stereocenters. The maximum absolute atomic E-state index is 12.0. The highest BCUT2D eigenvalue weighted by atomic mass is 127. The Morgan fingerprint density at radius 1 is 1.16 bits per heavy atom. The van der Waals surface area contributed by atoms with E-state index in [0.717, 1.165) is 46.4 Å². The lowest BCUT2D eigenvalue weighted by atomic mass is 9.90. The Hall–Kier alpha value is -2.46. The number of aliphatic imine (C=N–C) groups is 1. The van der Waals surface area contributed by atoms with E-state index in [1.54, 1.807) is 18.4 Å². The fourth-order valence-electron chi connectivity index (χ4n) is 3.57. The Morgan fingerprint density at radius 3 is 2.74 bits per heavy atom. The first-order valence-electron chi connectivity index (χ1n) is 10.1. The molecule has 6 nitrogen and oxygen atoms in total. The molecule has 0 saturated carbocycles. The van der Waals surface area contributed by atoms with Gasteiger partial charge in [-0.05, 0) is 11.6 Å². The second kappa shape index (κ2) is 11.2. The normalized spacial score (nSPS) is 15.5. The molecule has 31 heavy (non-hydrogen) atoms. The molecule has 0 spiro atoms. The Balaban J connectivity index is 0.00000272. The van der Waals surface area contributed by atoms with Crippen LogP contribution in [0.15, 0.2) is 65.0 Å². The van der Waals surface area contributed by atoms with Crippen LogP contribution < -0.4 is 16.0 Å². The largest absolute Gasteiger partial charge is 0.356 e. The highest BCUT2D eigenvalue weighted by molar-refractivity contribution is 14.0. The van der Waals surface area contributed by atoms with E-state index in [0.29, 0.717) is 13.0 Å². The summed E-state index contributed by atoms with van der Waals surface area (Å²) in [6, 6.07) is 18.2. The average Bonchev–Trinajstić information content (AvgIpc) is 3.25. The highest BCUT2D eigenvalue weighted by Crippen LogP contribution is 2.31. The Kier molecular flexibility index (Phi) is 8.42. The molecule has 1 aromatic heterocycles. The molecule has 1 aliphatic rings. The number of fused-ring (bicyclic) bond motifs is 1. The van der Waals surface area contributed by atoms with E-state index in [1.165, 1.54) is 0 Å². The van der Waals surface area contributed by atoms with Crippen LogP contribution >= 0.6 is 35.3 Å². The molecule has 4 rings (SSSR count). The molecule has 0 radical (unpaired) electrons. The minimum Gasteiger partial charge on any atom is -0.356 e. The zero-order chi connectivity index (χ0) is 20.8. The molecule has 8 heteroatoms. The van der Waals surface area contributed by atoms with Crippen LogP contribution in [0.1, 0.15) is 23.6 Å². The fraction of sp³-hybridized carbons (Fsp3) is 0.261. The number of benzene rings is 2. The quantitative estimate of drug-likeness (QED) is 0.245. The van der Waals surface area contributed by atoms with Gasteiger partial charge in [0.05, 0.1) is 5.69 Å². The van der Waals surface area contributed by atoms with Crippen molar-refractivity contribution in [2.75, 3.05) is 25.5 Å². The number of rotatable bonds is 6. The molecule has 0 aliphatic carbocycles. The number of carbonyl (C=O) groups excluding carboxylic acids is 1. The lowest BCUT2D eigenvalue weighted by molar-refractivity contribution is -0.116. The minimum atomic E-state index is 0. The highest BCUT2D eigenvalue weighted by Gasteiger charge is 2.24. The van der Waals surface area contributed by atoms with Gasteiger partial charge in [-0.1, -0.05) is 48.5 Å². The first kappa shape index (κ1) is 23.2. The molecule has 3 aromatic rings. The zero-order valence-corrected chi connectivity index (χ0v) is 20.4. The summed E-state index contributed by atoms with van der Waals surface area (Å²) in [7, 11) is 1.76. The summed E-state index contributed by atoms with van der Waals surface area (Å²) >= 11 is 1.67. The molecule has 1 aliphatic heterocycles. The first-order chi connectivity index (χ1) is 14.7. The van der Waals surface area contributed by atoms with Crippen LogP contribution in [0.3, 0.4) is 0 Å². The van der Waals surface area contributed by atoms with Crippen LogP contribution in [0.4, 0.5) is 5.69 Å². The molecule has 1 atom stereocenters. The fourth-order valence-corrected chi connectivity index (χ4v) is 4.43. The van der Waals surface area contributed by atoms with Crippen LogP contribution in [-0.4, -0.2) is 37.0 Å². The molecule has 2 aromatic carbocycles. The molecule has 0 bridgehead atoms. The van der Waals surface area contributed by atoms with Gasteiger partial charge in [0.25, 0.3) is 0 Å². The molecule has 162 valence electrons. The van der Waals surface area contributed by atoms with Gasteiger partial charge in [0.2, 0.25) is 5.91 Å². The number of carbonyl (C=O) groups is 1. The van der Waals surface area contributed by atoms with E-state index in [2.05, 4.69) is 44.5 Å². The summed E-state index contributed by atoms with van der Waals surface area (Å²) in [6.07, 6.45) is 1.29. The lowest BCUT2D eigenvalue weighted by Gasteiger charge is -2.26. The average molecular weight is 547 g/mol. The SMILES string of the molecule is CN=C(NCCc1csc(-c2ccccc2)n1)NCC1CC(=O)Nc2ccccc21.I. The number of anilines is 1. The van der Waals surface area contributed by atoms with Gasteiger partial charge >= 0.3 is 0 Å². The number of nitrogens with one attached hydrogen (secondary N) is 3. The summed E-state index contributed by atoms with van der Waals surface area (Å²) in [5, 5.41) is 12.8. The number of nitrogens with zero attached hydrogens (tertiary/aromatic N) is 2. The standard InChI is InChI=1S/C23H25N5OS.HI/c1-24-23(26-14-17-13-21(29)28-20-10-6-5-9-19(17)20)25-12-11-18-15-30-22(27-18)16-7-3-2-4-8-16;/h2-10,15,17H,11-14H2,1H3,(H,28,29)(H2,24,25,26);1H. The number of amides is 1. The summed E-state index contributed by atoms with van der Waals surface area (Å²) in [5.74, 6) is 0.915. The van der Waals surface area contributed by atoms with Crippen molar-refractivity contribution in [3.05, 3.63) is 71.2 Å². The lowest BCUT2D eigenvalue weighted by Crippen LogP contribution is -2.41. The Labute approximate surface area is 203 Å². The van der Waals surface area contributed by atoms with Crippen LogP contribution in [0.2, 0.25) is 0 Å². The van der Waals surface area contributed by atoms with Crippen molar-refractivity contribution in [3.8, 4) is 10.6 Å². The third-order valence-corrected chi connectivity index (χ3v) is 6.03. The number of thiazole rings is 1. The monoisotopic (exact) mass is 547 g/mol. The summed E-state index contributed by atoms with van der Waals surface area (Å²) in [5.41, 5.74) is 4.29. The Morgan fingerprint density at radius 2 is 1.94 bits per heavy atom. The third-order valence-electron chi connectivity index (χ3n) is 5.09. The van der Waals surface area contributed by atoms with Crippen molar-refractivity contribution >= 4 is 52.9 Å². The van der Waals surface area contributed by atoms with Crippen LogP contribution in [0.5, 0.6) is 0 Å². The second-order valence-electron chi connectivity index (χ2n) is 7.18. The van der Waals surface area contributed by atoms with Gasteiger partial charge in [0, 0.05) is 55.5 Å². The van der Waals surface area contributed by atoms with Gasteiger partial charge in [-0.2, -0.15) is 0 Å². The van der Waals surface area contributed by atoms with Gasteiger partial charge < -0.3 is 16.0 Å². The number of para-hydroxylation sites is 1. The van der Waals surface area contributed by atoms with E-state index in [4.69, 9.17) is 4.98 Å². The molecule has 1 amide bonds. The minimum absolute atomic E-state index is 0. The predicted octanol–water partition coefficient (Wildman–Crippen LogP) is 4.26. The van der Waals surface area contributed by atoms with E-state index >= 15 is 0 Å². The number of hydrogen-bond donors (Lipinski definition) is 3. The van der Waals surface area contributed by atoms with Crippen LogP contribution in [0.25, 0.3) is 10.6 Å². The van der Waals surface area contributed by atoms with Crippen LogP contribution in [-0.2, 0) is 11.2 Å². The van der Waals surface area contributed by atoms with E-state index in [1.807, 2.05) is 36.4 Å². The maximum Gasteiger partial charge on any atom is 0.225 e. The van der Waals surface area contributed by atoms with Gasteiger partial charge in [-0.15, -0.1) is 35.3 Å². The summed E-state index contributed by atoms with van der Waals surface area (Å²) in [4.78, 5) is 21.0. The van der Waals surface area contributed by atoms with Crippen molar-refractivity contribution in [2.24, 2.45) is 4.99 Å². The van der Waals surface area contributed by atoms with E-state index in [-0.39, 0.29) is 35.8 Å². The van der Waals surface area contributed by atoms with Crippen molar-refractivity contribution in [3.63, 3.8) is 0 Å². The summed E-state index contributed by atoms with van der Waals surface area (Å²) < 4.78 is 0. The molecular weight excluding hydrogens is 521 g/mol. The topological polar surface area (TPSA) is 78.4 Å². The smallest absolute Gasteiger partial charge is 0.225 e.